The van der Waals surface area contributed by atoms with Gasteiger partial charge in [0.2, 0.25) is 0 Å². The Morgan fingerprint density at radius 3 is 2.92 bits per heavy atom. The van der Waals surface area contributed by atoms with Gasteiger partial charge in [-0.15, -0.1) is 0 Å². The molecule has 0 fully saturated rings. The summed E-state index contributed by atoms with van der Waals surface area (Å²) in [5, 5.41) is 3.19. The minimum atomic E-state index is 1.01. The summed E-state index contributed by atoms with van der Waals surface area (Å²) in [5.74, 6) is 0. The molecule has 0 radical (unpaired) electrons. The van der Waals surface area contributed by atoms with Gasteiger partial charge in [0.05, 0.1) is 0 Å². The van der Waals surface area contributed by atoms with Gasteiger partial charge in [-0.1, -0.05) is 29.9 Å². The van der Waals surface area contributed by atoms with E-state index in [4.69, 9.17) is 0 Å². The fraction of sp³-hybridized carbons (Fsp3) is 0.273. The zero-order valence-corrected chi connectivity index (χ0v) is 7.67. The monoisotopic (exact) mass is 161 g/mol. The molecule has 0 bridgehead atoms. The van der Waals surface area contributed by atoms with Gasteiger partial charge in [-0.25, -0.2) is 0 Å². The van der Waals surface area contributed by atoms with E-state index in [0.29, 0.717) is 0 Å². The fourth-order valence-corrected chi connectivity index (χ4v) is 1.02. The minimum Gasteiger partial charge on any atom is -0.362 e. The topological polar surface area (TPSA) is 12.0 Å². The molecule has 1 N–H and O–H groups in total. The summed E-state index contributed by atoms with van der Waals surface area (Å²) in [6.07, 6.45) is 13.5. The molecule has 64 valence electrons. The second-order valence-corrected chi connectivity index (χ2v) is 2.82. The first kappa shape index (κ1) is 8.85. The first-order valence-electron chi connectivity index (χ1n) is 4.25. The highest BCUT2D eigenvalue weighted by Crippen LogP contribution is 2.07. The molecule has 12 heavy (non-hydrogen) atoms. The van der Waals surface area contributed by atoms with E-state index in [1.54, 1.807) is 0 Å². The van der Waals surface area contributed by atoms with Gasteiger partial charge in [-0.05, 0) is 32.5 Å². The third kappa shape index (κ3) is 2.79. The number of hydrogen-bond acceptors (Lipinski definition) is 1. The third-order valence-corrected chi connectivity index (χ3v) is 1.72. The third-order valence-electron chi connectivity index (χ3n) is 1.72. The molecule has 0 saturated carbocycles. The molecule has 0 spiro atoms. The quantitative estimate of drug-likeness (QED) is 0.656. The number of rotatable bonds is 2. The van der Waals surface area contributed by atoms with Gasteiger partial charge >= 0.3 is 0 Å². The van der Waals surface area contributed by atoms with E-state index in [-0.39, 0.29) is 0 Å². The van der Waals surface area contributed by atoms with Crippen molar-refractivity contribution in [3.8, 4) is 0 Å². The second kappa shape index (κ2) is 4.60. The van der Waals surface area contributed by atoms with Crippen molar-refractivity contribution >= 4 is 0 Å². The minimum absolute atomic E-state index is 1.01. The van der Waals surface area contributed by atoms with Crippen molar-refractivity contribution in [1.29, 1.82) is 0 Å². The zero-order chi connectivity index (χ0) is 8.81. The molecule has 0 atom stereocenters. The van der Waals surface area contributed by atoms with Gasteiger partial charge in [0.1, 0.15) is 0 Å². The molecule has 0 aromatic rings. The van der Waals surface area contributed by atoms with Crippen LogP contribution in [-0.2, 0) is 0 Å². The molecule has 0 aromatic carbocycles. The van der Waals surface area contributed by atoms with Gasteiger partial charge in [0.15, 0.2) is 0 Å². The Kier molecular flexibility index (Phi) is 3.39. The lowest BCUT2D eigenvalue weighted by Crippen LogP contribution is -2.00. The Hall–Kier alpha value is -1.24. The average molecular weight is 161 g/mol. The molecular weight excluding hydrogens is 146 g/mol. The molecule has 0 aromatic heterocycles. The lowest BCUT2D eigenvalue weighted by atomic mass is 10.2. The maximum atomic E-state index is 3.19. The summed E-state index contributed by atoms with van der Waals surface area (Å²) in [5.41, 5.74) is 2.49. The van der Waals surface area contributed by atoms with Gasteiger partial charge in [0.25, 0.3) is 0 Å². The summed E-state index contributed by atoms with van der Waals surface area (Å²) in [7, 11) is 0. The molecule has 0 heterocycles. The Bertz CT molecular complexity index is 254. The van der Waals surface area contributed by atoms with Crippen molar-refractivity contribution in [2.45, 2.75) is 20.3 Å². The molecule has 0 saturated heterocycles. The normalized spacial score (nSPS) is 17.2. The molecule has 0 aliphatic heterocycles. The SMILES string of the molecule is C/C=C\NC1=CCC=C(C)C=C1. The standard InChI is InChI=1S/C11H15N/c1-3-9-12-11-6-4-5-10(2)7-8-11/h3,5-9,12H,4H2,1-2H3/b9-3-. The molecule has 1 aliphatic rings. The number of nitrogens with one attached hydrogen (secondary N) is 1. The van der Waals surface area contributed by atoms with Crippen LogP contribution in [0.1, 0.15) is 20.3 Å². The van der Waals surface area contributed by atoms with Crippen LogP contribution in [0.5, 0.6) is 0 Å². The number of hydrogen-bond donors (Lipinski definition) is 1. The van der Waals surface area contributed by atoms with Crippen LogP contribution in [0.3, 0.4) is 0 Å². The van der Waals surface area contributed by atoms with Gasteiger partial charge in [0, 0.05) is 5.70 Å². The molecule has 1 nitrogen and oxygen atoms in total. The van der Waals surface area contributed by atoms with Gasteiger partial charge < -0.3 is 5.32 Å². The second-order valence-electron chi connectivity index (χ2n) is 2.82. The predicted molar refractivity (Wildman–Crippen MR) is 53.5 cm³/mol. The summed E-state index contributed by atoms with van der Waals surface area (Å²) >= 11 is 0. The lowest BCUT2D eigenvalue weighted by Gasteiger charge is -1.98. The summed E-state index contributed by atoms with van der Waals surface area (Å²) in [6, 6.07) is 0. The molecule has 0 unspecified atom stereocenters. The Balaban J connectivity index is 2.58. The fourth-order valence-electron chi connectivity index (χ4n) is 1.02. The van der Waals surface area contributed by atoms with Crippen molar-refractivity contribution < 1.29 is 0 Å². The average Bonchev–Trinajstić information content (AvgIpc) is 2.27. The van der Waals surface area contributed by atoms with E-state index in [2.05, 4.69) is 36.5 Å². The van der Waals surface area contributed by atoms with Crippen molar-refractivity contribution in [3.05, 3.63) is 47.9 Å². The van der Waals surface area contributed by atoms with Crippen LogP contribution in [0.4, 0.5) is 0 Å². The van der Waals surface area contributed by atoms with Crippen LogP contribution in [-0.4, -0.2) is 0 Å². The highest BCUT2D eigenvalue weighted by atomic mass is 14.8. The molecule has 1 rings (SSSR count). The van der Waals surface area contributed by atoms with Crippen LogP contribution >= 0.6 is 0 Å². The van der Waals surface area contributed by atoms with E-state index < -0.39 is 0 Å². The van der Waals surface area contributed by atoms with Crippen molar-refractivity contribution in [2.75, 3.05) is 0 Å². The molecule has 0 amide bonds. The highest BCUT2D eigenvalue weighted by molar-refractivity contribution is 5.30. The first-order valence-corrected chi connectivity index (χ1v) is 4.25. The first-order chi connectivity index (χ1) is 5.83. The lowest BCUT2D eigenvalue weighted by molar-refractivity contribution is 1.09. The highest BCUT2D eigenvalue weighted by Gasteiger charge is 1.91. The van der Waals surface area contributed by atoms with Gasteiger partial charge in [-0.2, -0.15) is 0 Å². The van der Waals surface area contributed by atoms with E-state index in [0.717, 1.165) is 6.42 Å². The molecular formula is C11H15N. The molecule has 1 heteroatoms. The molecule has 1 aliphatic carbocycles. The zero-order valence-electron chi connectivity index (χ0n) is 7.67. The largest absolute Gasteiger partial charge is 0.362 e. The van der Waals surface area contributed by atoms with E-state index >= 15 is 0 Å². The smallest absolute Gasteiger partial charge is 0.0342 e. The Morgan fingerprint density at radius 1 is 1.33 bits per heavy atom. The van der Waals surface area contributed by atoms with Gasteiger partial charge in [-0.3, -0.25) is 0 Å². The maximum Gasteiger partial charge on any atom is 0.0342 e. The van der Waals surface area contributed by atoms with E-state index in [9.17, 15) is 0 Å². The summed E-state index contributed by atoms with van der Waals surface area (Å²) < 4.78 is 0. The number of allylic oxidation sites excluding steroid dienone is 6. The van der Waals surface area contributed by atoms with Crippen molar-refractivity contribution in [1.82, 2.24) is 5.32 Å². The summed E-state index contributed by atoms with van der Waals surface area (Å²) in [4.78, 5) is 0. The van der Waals surface area contributed by atoms with Crippen LogP contribution in [0, 0.1) is 0 Å². The maximum absolute atomic E-state index is 3.19. The van der Waals surface area contributed by atoms with E-state index in [1.807, 2.05) is 19.2 Å². The van der Waals surface area contributed by atoms with E-state index in [1.165, 1.54) is 11.3 Å². The van der Waals surface area contributed by atoms with Crippen LogP contribution in [0.15, 0.2) is 47.9 Å². The van der Waals surface area contributed by atoms with Crippen LogP contribution in [0.2, 0.25) is 0 Å². The predicted octanol–water partition coefficient (Wildman–Crippen LogP) is 2.90. The van der Waals surface area contributed by atoms with Crippen LogP contribution < -0.4 is 5.32 Å². The Labute approximate surface area is 74.2 Å². The van der Waals surface area contributed by atoms with Crippen molar-refractivity contribution in [3.63, 3.8) is 0 Å². The summed E-state index contributed by atoms with van der Waals surface area (Å²) in [6.45, 7) is 4.11. The van der Waals surface area contributed by atoms with Crippen LogP contribution in [0.25, 0.3) is 0 Å². The van der Waals surface area contributed by atoms with Crippen molar-refractivity contribution in [2.24, 2.45) is 0 Å². The Morgan fingerprint density at radius 2 is 2.17 bits per heavy atom.